The molecule has 1 aromatic carbocycles. The Kier molecular flexibility index (Phi) is 7.94. The van der Waals surface area contributed by atoms with Crippen LogP contribution in [0.1, 0.15) is 41.9 Å². The van der Waals surface area contributed by atoms with Crippen LogP contribution in [0.3, 0.4) is 0 Å². The molecule has 33 heavy (non-hydrogen) atoms. The van der Waals surface area contributed by atoms with Crippen molar-refractivity contribution in [2.24, 2.45) is 5.73 Å². The molecule has 0 aliphatic rings. The topological polar surface area (TPSA) is 101 Å². The molecular weight excluding hydrogens is 480 g/mol. The number of hydrogen-bond donors (Lipinski definition) is 2. The molecule has 0 saturated heterocycles. The Morgan fingerprint density at radius 1 is 1.09 bits per heavy atom. The van der Waals surface area contributed by atoms with Gasteiger partial charge in [-0.3, -0.25) is 9.59 Å². The summed E-state index contributed by atoms with van der Waals surface area (Å²) < 4.78 is 0. The minimum absolute atomic E-state index is 0.0659. The SMILES string of the molecule is CC(C)(Cc1ccc(Cl)cc1)N(C(=O)c1ccc(-c2cccs2)s1)[C@@H](CCC(N)=O)C(=O)O. The lowest BCUT2D eigenvalue weighted by Gasteiger charge is -2.42. The number of nitrogens with zero attached hydrogens (tertiary/aromatic N) is 1. The first-order valence-corrected chi connectivity index (χ1v) is 12.4. The summed E-state index contributed by atoms with van der Waals surface area (Å²) in [5.41, 5.74) is 5.32. The van der Waals surface area contributed by atoms with Crippen LogP contribution in [0.2, 0.25) is 5.02 Å². The quantitative estimate of drug-likeness (QED) is 0.390. The lowest BCUT2D eigenvalue weighted by Crippen LogP contribution is -2.57. The number of rotatable bonds is 10. The van der Waals surface area contributed by atoms with Crippen LogP contribution in [0.25, 0.3) is 9.75 Å². The van der Waals surface area contributed by atoms with Crippen molar-refractivity contribution in [3.8, 4) is 9.75 Å². The highest BCUT2D eigenvalue weighted by atomic mass is 35.5. The Balaban J connectivity index is 1.99. The van der Waals surface area contributed by atoms with Crippen molar-refractivity contribution in [1.29, 1.82) is 0 Å². The van der Waals surface area contributed by atoms with E-state index >= 15 is 0 Å². The molecular formula is C24H25ClN2O4S2. The van der Waals surface area contributed by atoms with E-state index in [4.69, 9.17) is 17.3 Å². The Labute approximate surface area is 205 Å². The number of amides is 2. The van der Waals surface area contributed by atoms with Crippen LogP contribution in [0, 0.1) is 0 Å². The summed E-state index contributed by atoms with van der Waals surface area (Å²) in [6.45, 7) is 3.65. The van der Waals surface area contributed by atoms with Crippen molar-refractivity contribution in [3.05, 3.63) is 69.4 Å². The standard InChI is InChI=1S/C24H25ClN2O4S2/c1-24(2,14-15-5-7-16(25)8-6-15)27(17(23(30)31)9-12-21(26)28)22(29)20-11-10-19(33-20)18-4-3-13-32-18/h3-8,10-11,13,17H,9,12,14H2,1-2H3,(H2,26,28)(H,30,31)/t17-/m0/s1. The largest absolute Gasteiger partial charge is 0.480 e. The summed E-state index contributed by atoms with van der Waals surface area (Å²) in [6.07, 6.45) is 0.200. The van der Waals surface area contributed by atoms with E-state index in [1.165, 1.54) is 16.2 Å². The number of carboxylic acid groups (broad SMARTS) is 1. The van der Waals surface area contributed by atoms with E-state index in [9.17, 15) is 19.5 Å². The average Bonchev–Trinajstić information content (AvgIpc) is 3.43. The maximum atomic E-state index is 13.7. The van der Waals surface area contributed by atoms with Crippen LogP contribution in [0.15, 0.2) is 53.9 Å². The summed E-state index contributed by atoms with van der Waals surface area (Å²) in [5, 5.41) is 12.6. The number of benzene rings is 1. The van der Waals surface area contributed by atoms with E-state index in [0.29, 0.717) is 16.3 Å². The molecule has 2 aromatic heterocycles. The summed E-state index contributed by atoms with van der Waals surface area (Å²) in [5.74, 6) is -2.18. The second-order valence-corrected chi connectivity index (χ2v) is 10.8. The molecule has 0 aliphatic heterocycles. The van der Waals surface area contributed by atoms with E-state index in [-0.39, 0.29) is 12.8 Å². The zero-order chi connectivity index (χ0) is 24.2. The highest BCUT2D eigenvalue weighted by Gasteiger charge is 2.41. The molecule has 2 amide bonds. The molecule has 0 spiro atoms. The van der Waals surface area contributed by atoms with Crippen LogP contribution in [-0.2, 0) is 16.0 Å². The Hall–Kier alpha value is -2.68. The van der Waals surface area contributed by atoms with Crippen LogP contribution in [0.4, 0.5) is 0 Å². The van der Waals surface area contributed by atoms with Gasteiger partial charge in [0.25, 0.3) is 5.91 Å². The molecule has 0 aliphatic carbocycles. The molecule has 0 bridgehead atoms. The van der Waals surface area contributed by atoms with Gasteiger partial charge < -0.3 is 15.7 Å². The van der Waals surface area contributed by atoms with Crippen LogP contribution >= 0.6 is 34.3 Å². The number of halogens is 1. The smallest absolute Gasteiger partial charge is 0.326 e. The molecule has 3 N–H and O–H groups in total. The summed E-state index contributed by atoms with van der Waals surface area (Å²) in [7, 11) is 0. The van der Waals surface area contributed by atoms with E-state index < -0.39 is 29.4 Å². The van der Waals surface area contributed by atoms with Crippen LogP contribution in [0.5, 0.6) is 0 Å². The number of thiophene rings is 2. The van der Waals surface area contributed by atoms with Crippen molar-refractivity contribution in [2.75, 3.05) is 0 Å². The molecule has 0 unspecified atom stereocenters. The van der Waals surface area contributed by atoms with Gasteiger partial charge >= 0.3 is 5.97 Å². The van der Waals surface area contributed by atoms with Crippen molar-refractivity contribution in [3.63, 3.8) is 0 Å². The number of aliphatic carboxylic acids is 1. The second-order valence-electron chi connectivity index (χ2n) is 8.29. The van der Waals surface area contributed by atoms with Gasteiger partial charge in [0.2, 0.25) is 5.91 Å². The molecule has 0 saturated carbocycles. The van der Waals surface area contributed by atoms with E-state index in [1.807, 2.05) is 49.6 Å². The van der Waals surface area contributed by atoms with Gasteiger partial charge in [0.15, 0.2) is 0 Å². The molecule has 9 heteroatoms. The highest BCUT2D eigenvalue weighted by Crippen LogP contribution is 2.34. The molecule has 0 radical (unpaired) electrons. The number of hydrogen-bond acceptors (Lipinski definition) is 5. The van der Waals surface area contributed by atoms with Crippen molar-refractivity contribution in [2.45, 2.75) is 44.7 Å². The number of carbonyl (C=O) groups excluding carboxylic acids is 2. The Morgan fingerprint density at radius 2 is 1.79 bits per heavy atom. The molecule has 0 fully saturated rings. The van der Waals surface area contributed by atoms with E-state index in [2.05, 4.69) is 0 Å². The van der Waals surface area contributed by atoms with Crippen molar-refractivity contribution >= 4 is 52.1 Å². The summed E-state index contributed by atoms with van der Waals surface area (Å²) >= 11 is 8.89. The lowest BCUT2D eigenvalue weighted by atomic mass is 9.90. The van der Waals surface area contributed by atoms with Gasteiger partial charge in [-0.25, -0.2) is 4.79 Å². The molecule has 6 nitrogen and oxygen atoms in total. The number of carbonyl (C=O) groups is 3. The lowest BCUT2D eigenvalue weighted by molar-refractivity contribution is -0.144. The third kappa shape index (κ3) is 6.22. The van der Waals surface area contributed by atoms with Gasteiger partial charge in [0, 0.05) is 26.7 Å². The average molecular weight is 505 g/mol. The number of carboxylic acids is 1. The minimum Gasteiger partial charge on any atom is -0.480 e. The minimum atomic E-state index is -1.21. The van der Waals surface area contributed by atoms with Gasteiger partial charge in [-0.05, 0) is 68.0 Å². The van der Waals surface area contributed by atoms with Gasteiger partial charge in [-0.15, -0.1) is 22.7 Å². The second kappa shape index (κ2) is 10.5. The van der Waals surface area contributed by atoms with Gasteiger partial charge in [-0.1, -0.05) is 29.8 Å². The zero-order valence-electron chi connectivity index (χ0n) is 18.3. The first-order valence-electron chi connectivity index (χ1n) is 10.3. The van der Waals surface area contributed by atoms with Gasteiger partial charge in [-0.2, -0.15) is 0 Å². The van der Waals surface area contributed by atoms with Gasteiger partial charge in [0.1, 0.15) is 6.04 Å². The number of primary amides is 1. The fraction of sp³-hybridized carbons (Fsp3) is 0.292. The maximum absolute atomic E-state index is 13.7. The molecule has 3 rings (SSSR count). The Bertz CT molecular complexity index is 1120. The summed E-state index contributed by atoms with van der Waals surface area (Å²) in [6, 6.07) is 13.5. The van der Waals surface area contributed by atoms with Crippen LogP contribution < -0.4 is 5.73 Å². The maximum Gasteiger partial charge on any atom is 0.326 e. The Morgan fingerprint density at radius 3 is 2.36 bits per heavy atom. The number of nitrogens with two attached hydrogens (primary N) is 1. The molecule has 1 atom stereocenters. The fourth-order valence-electron chi connectivity index (χ4n) is 3.79. The van der Waals surface area contributed by atoms with E-state index in [0.717, 1.165) is 15.3 Å². The first-order chi connectivity index (χ1) is 15.6. The molecule has 2 heterocycles. The molecule has 3 aromatic rings. The summed E-state index contributed by atoms with van der Waals surface area (Å²) in [4.78, 5) is 41.2. The third-order valence-electron chi connectivity index (χ3n) is 5.26. The first kappa shape index (κ1) is 25.0. The normalized spacial score (nSPS) is 12.3. The fourth-order valence-corrected chi connectivity index (χ4v) is 5.69. The van der Waals surface area contributed by atoms with Crippen molar-refractivity contribution < 1.29 is 19.5 Å². The van der Waals surface area contributed by atoms with E-state index in [1.54, 1.807) is 29.5 Å². The van der Waals surface area contributed by atoms with Crippen LogP contribution in [-0.4, -0.2) is 39.4 Å². The van der Waals surface area contributed by atoms with Gasteiger partial charge in [0.05, 0.1) is 4.88 Å². The highest BCUT2D eigenvalue weighted by molar-refractivity contribution is 7.22. The molecule has 174 valence electrons. The zero-order valence-corrected chi connectivity index (χ0v) is 20.7. The predicted molar refractivity (Wildman–Crippen MR) is 133 cm³/mol. The van der Waals surface area contributed by atoms with Crippen molar-refractivity contribution in [1.82, 2.24) is 4.90 Å². The third-order valence-corrected chi connectivity index (χ3v) is 7.65. The monoisotopic (exact) mass is 504 g/mol. The predicted octanol–water partition coefficient (Wildman–Crippen LogP) is 5.31.